The van der Waals surface area contributed by atoms with Crippen molar-refractivity contribution in [2.24, 2.45) is 0 Å². The largest absolute Gasteiger partial charge is 0.454 e. The van der Waals surface area contributed by atoms with Gasteiger partial charge in [0.15, 0.2) is 6.61 Å². The molecular formula is C21H23N3O5. The Labute approximate surface area is 168 Å². The number of esters is 1. The molecule has 2 rings (SSSR count). The second-order valence-corrected chi connectivity index (χ2v) is 6.35. The zero-order valence-corrected chi connectivity index (χ0v) is 16.5. The summed E-state index contributed by atoms with van der Waals surface area (Å²) in [6.45, 7) is 3.00. The minimum absolute atomic E-state index is 0.236. The summed E-state index contributed by atoms with van der Waals surface area (Å²) >= 11 is 0. The number of hydrogen-bond donors (Lipinski definition) is 3. The molecule has 0 aromatic heterocycles. The van der Waals surface area contributed by atoms with E-state index >= 15 is 0 Å². The zero-order valence-electron chi connectivity index (χ0n) is 16.5. The number of carbonyl (C=O) groups excluding carboxylic acids is 4. The third-order valence-electron chi connectivity index (χ3n) is 4.18. The van der Waals surface area contributed by atoms with Gasteiger partial charge in [-0.3, -0.25) is 19.2 Å². The van der Waals surface area contributed by atoms with E-state index in [1.807, 2.05) is 19.9 Å². The average Bonchev–Trinajstić information content (AvgIpc) is 2.72. The summed E-state index contributed by atoms with van der Waals surface area (Å²) in [7, 11) is 1.52. The second kappa shape index (κ2) is 10.0. The third-order valence-corrected chi connectivity index (χ3v) is 4.18. The van der Waals surface area contributed by atoms with Crippen LogP contribution in [0.2, 0.25) is 0 Å². The number of ether oxygens (including phenoxy) is 1. The van der Waals surface area contributed by atoms with Crippen molar-refractivity contribution in [3.05, 3.63) is 64.7 Å². The van der Waals surface area contributed by atoms with Crippen molar-refractivity contribution >= 4 is 29.4 Å². The summed E-state index contributed by atoms with van der Waals surface area (Å²) in [6, 6.07) is 11.5. The molecule has 0 radical (unpaired) electrons. The first kappa shape index (κ1) is 21.6. The molecule has 0 fully saturated rings. The van der Waals surface area contributed by atoms with Crippen LogP contribution in [0.25, 0.3) is 0 Å². The van der Waals surface area contributed by atoms with Gasteiger partial charge in [-0.25, -0.2) is 0 Å². The standard InChI is InChI=1S/C21H23N3O5/c1-13-4-5-16(10-14(13)2)21(28)23-11-19(26)29-12-18(25)24-17-8-6-15(7-9-17)20(27)22-3/h4-10H,11-12H2,1-3H3,(H,22,27)(H,23,28)(H,24,25). The van der Waals surface area contributed by atoms with E-state index in [0.29, 0.717) is 16.8 Å². The molecule has 0 bridgehead atoms. The number of amides is 3. The highest BCUT2D eigenvalue weighted by molar-refractivity contribution is 5.97. The maximum Gasteiger partial charge on any atom is 0.325 e. The first-order valence-corrected chi connectivity index (χ1v) is 8.93. The van der Waals surface area contributed by atoms with Crippen LogP contribution in [0, 0.1) is 13.8 Å². The summed E-state index contributed by atoms with van der Waals surface area (Å²) in [5.74, 6) is -1.90. The fraction of sp³-hybridized carbons (Fsp3) is 0.238. The Morgan fingerprint density at radius 1 is 0.862 bits per heavy atom. The Bertz CT molecular complexity index is 922. The van der Waals surface area contributed by atoms with E-state index in [-0.39, 0.29) is 12.5 Å². The number of anilines is 1. The SMILES string of the molecule is CNC(=O)c1ccc(NC(=O)COC(=O)CNC(=O)c2ccc(C)c(C)c2)cc1. The van der Waals surface area contributed by atoms with Crippen molar-refractivity contribution in [1.29, 1.82) is 0 Å². The van der Waals surface area contributed by atoms with E-state index in [4.69, 9.17) is 4.74 Å². The molecule has 0 aliphatic carbocycles. The molecule has 0 aliphatic heterocycles. The monoisotopic (exact) mass is 397 g/mol. The molecule has 3 N–H and O–H groups in total. The molecular weight excluding hydrogens is 374 g/mol. The van der Waals surface area contributed by atoms with Gasteiger partial charge < -0.3 is 20.7 Å². The Hall–Kier alpha value is -3.68. The minimum atomic E-state index is -0.729. The number of carbonyl (C=O) groups is 4. The first-order valence-electron chi connectivity index (χ1n) is 8.93. The maximum absolute atomic E-state index is 12.1. The fourth-order valence-electron chi connectivity index (χ4n) is 2.38. The molecule has 0 aliphatic rings. The lowest BCUT2D eigenvalue weighted by atomic mass is 10.1. The molecule has 0 saturated heterocycles. The predicted octanol–water partition coefficient (Wildman–Crippen LogP) is 1.57. The molecule has 29 heavy (non-hydrogen) atoms. The second-order valence-electron chi connectivity index (χ2n) is 6.35. The van der Waals surface area contributed by atoms with Crippen LogP contribution in [0.15, 0.2) is 42.5 Å². The van der Waals surface area contributed by atoms with Crippen LogP contribution in [-0.2, 0) is 14.3 Å². The number of rotatable bonds is 7. The smallest absolute Gasteiger partial charge is 0.325 e. The van der Waals surface area contributed by atoms with Gasteiger partial charge in [0.25, 0.3) is 17.7 Å². The van der Waals surface area contributed by atoms with Crippen molar-refractivity contribution in [2.45, 2.75) is 13.8 Å². The minimum Gasteiger partial charge on any atom is -0.454 e. The van der Waals surface area contributed by atoms with Gasteiger partial charge in [-0.1, -0.05) is 6.07 Å². The molecule has 0 atom stereocenters. The Morgan fingerprint density at radius 3 is 2.14 bits per heavy atom. The molecule has 8 heteroatoms. The first-order chi connectivity index (χ1) is 13.8. The summed E-state index contributed by atoms with van der Waals surface area (Å²) in [5, 5.41) is 7.50. The lowest BCUT2D eigenvalue weighted by Crippen LogP contribution is -2.32. The topological polar surface area (TPSA) is 114 Å². The highest BCUT2D eigenvalue weighted by Crippen LogP contribution is 2.10. The van der Waals surface area contributed by atoms with Gasteiger partial charge in [0.1, 0.15) is 6.54 Å². The van der Waals surface area contributed by atoms with Crippen LogP contribution in [-0.4, -0.2) is 43.9 Å². The van der Waals surface area contributed by atoms with Gasteiger partial charge in [0.2, 0.25) is 0 Å². The Morgan fingerprint density at radius 2 is 1.52 bits per heavy atom. The fourth-order valence-corrected chi connectivity index (χ4v) is 2.38. The summed E-state index contributed by atoms with van der Waals surface area (Å²) in [4.78, 5) is 47.1. The van der Waals surface area contributed by atoms with E-state index in [0.717, 1.165) is 11.1 Å². The van der Waals surface area contributed by atoms with Gasteiger partial charge in [-0.15, -0.1) is 0 Å². The molecule has 2 aromatic rings. The molecule has 0 heterocycles. The Balaban J connectivity index is 1.75. The molecule has 0 saturated carbocycles. The molecule has 0 unspecified atom stereocenters. The van der Waals surface area contributed by atoms with Crippen molar-refractivity contribution in [3.63, 3.8) is 0 Å². The summed E-state index contributed by atoms with van der Waals surface area (Å²) < 4.78 is 4.85. The number of aryl methyl sites for hydroxylation is 2. The van der Waals surface area contributed by atoms with Gasteiger partial charge in [0, 0.05) is 23.9 Å². The van der Waals surface area contributed by atoms with Crippen LogP contribution in [0.5, 0.6) is 0 Å². The zero-order chi connectivity index (χ0) is 21.4. The third kappa shape index (κ3) is 6.46. The van der Waals surface area contributed by atoms with Crippen molar-refractivity contribution < 1.29 is 23.9 Å². The highest BCUT2D eigenvalue weighted by Gasteiger charge is 2.12. The quantitative estimate of drug-likeness (QED) is 0.614. The van der Waals surface area contributed by atoms with Gasteiger partial charge in [-0.05, 0) is 61.4 Å². The summed E-state index contributed by atoms with van der Waals surface area (Å²) in [6.07, 6.45) is 0. The Kier molecular flexibility index (Phi) is 7.47. The van der Waals surface area contributed by atoms with Crippen LogP contribution in [0.1, 0.15) is 31.8 Å². The van der Waals surface area contributed by atoms with E-state index in [2.05, 4.69) is 16.0 Å². The van der Waals surface area contributed by atoms with Crippen molar-refractivity contribution in [1.82, 2.24) is 10.6 Å². The van der Waals surface area contributed by atoms with E-state index < -0.39 is 24.4 Å². The molecule has 8 nitrogen and oxygen atoms in total. The predicted molar refractivity (Wildman–Crippen MR) is 108 cm³/mol. The van der Waals surface area contributed by atoms with Crippen LogP contribution < -0.4 is 16.0 Å². The highest BCUT2D eigenvalue weighted by atomic mass is 16.5. The van der Waals surface area contributed by atoms with E-state index in [9.17, 15) is 19.2 Å². The van der Waals surface area contributed by atoms with Crippen LogP contribution in [0.3, 0.4) is 0 Å². The number of hydrogen-bond acceptors (Lipinski definition) is 5. The van der Waals surface area contributed by atoms with Gasteiger partial charge in [0.05, 0.1) is 0 Å². The van der Waals surface area contributed by atoms with Crippen molar-refractivity contribution in [2.75, 3.05) is 25.5 Å². The molecule has 0 spiro atoms. The molecule has 2 aromatic carbocycles. The van der Waals surface area contributed by atoms with E-state index in [1.165, 1.54) is 7.05 Å². The van der Waals surface area contributed by atoms with Crippen molar-refractivity contribution in [3.8, 4) is 0 Å². The van der Waals surface area contributed by atoms with Gasteiger partial charge >= 0.3 is 5.97 Å². The molecule has 152 valence electrons. The molecule has 3 amide bonds. The number of benzene rings is 2. The normalized spacial score (nSPS) is 10.0. The van der Waals surface area contributed by atoms with Crippen LogP contribution in [0.4, 0.5) is 5.69 Å². The average molecular weight is 397 g/mol. The lowest BCUT2D eigenvalue weighted by Gasteiger charge is -2.09. The van der Waals surface area contributed by atoms with Crippen LogP contribution >= 0.6 is 0 Å². The lowest BCUT2D eigenvalue weighted by molar-refractivity contribution is -0.146. The van der Waals surface area contributed by atoms with Gasteiger partial charge in [-0.2, -0.15) is 0 Å². The number of nitrogens with one attached hydrogen (secondary N) is 3. The maximum atomic E-state index is 12.1. The summed E-state index contributed by atoms with van der Waals surface area (Å²) in [5.41, 5.74) is 3.40. The van der Waals surface area contributed by atoms with E-state index in [1.54, 1.807) is 36.4 Å².